The number of nitrogens with zero attached hydrogens (tertiary/aromatic N) is 2. The van der Waals surface area contributed by atoms with Gasteiger partial charge in [-0.05, 0) is 56.0 Å². The summed E-state index contributed by atoms with van der Waals surface area (Å²) in [5.41, 5.74) is 1.95. The van der Waals surface area contributed by atoms with Crippen LogP contribution in [0.1, 0.15) is 56.6 Å². The van der Waals surface area contributed by atoms with E-state index in [0.29, 0.717) is 6.42 Å². The minimum atomic E-state index is -4.17. The lowest BCUT2D eigenvalue weighted by atomic mass is 9.95. The van der Waals surface area contributed by atoms with Crippen LogP contribution in [0.15, 0.2) is 83.8 Å². The van der Waals surface area contributed by atoms with E-state index in [1.54, 1.807) is 36.4 Å². The van der Waals surface area contributed by atoms with Crippen molar-refractivity contribution < 1.29 is 18.0 Å². The highest BCUT2D eigenvalue weighted by atomic mass is 35.5. The molecule has 0 heterocycles. The molecule has 0 spiro atoms. The summed E-state index contributed by atoms with van der Waals surface area (Å²) in [6.07, 6.45) is 5.52. The first-order valence-corrected chi connectivity index (χ1v) is 16.0. The Bertz CT molecular complexity index is 1420. The molecule has 3 aromatic rings. The molecule has 0 bridgehead atoms. The highest BCUT2D eigenvalue weighted by Crippen LogP contribution is 2.31. The van der Waals surface area contributed by atoms with Crippen molar-refractivity contribution in [2.24, 2.45) is 0 Å². The second kappa shape index (κ2) is 14.0. The molecule has 2 amide bonds. The fraction of sp³-hybridized carbons (Fsp3) is 0.375. The molecule has 1 N–H and O–H groups in total. The molecule has 218 valence electrons. The number of aryl methyl sites for hydroxylation is 1. The third-order valence-corrected chi connectivity index (χ3v) is 9.64. The number of sulfonamides is 1. The average Bonchev–Trinajstić information content (AvgIpc) is 2.97. The van der Waals surface area contributed by atoms with Crippen LogP contribution in [-0.4, -0.2) is 43.8 Å². The Hall–Kier alpha value is -3.36. The fourth-order valence-corrected chi connectivity index (χ4v) is 6.97. The highest BCUT2D eigenvalue weighted by Gasteiger charge is 2.35. The van der Waals surface area contributed by atoms with Crippen LogP contribution in [0, 0.1) is 6.92 Å². The highest BCUT2D eigenvalue weighted by molar-refractivity contribution is 7.92. The lowest BCUT2D eigenvalue weighted by Gasteiger charge is -2.34. The first kappa shape index (κ1) is 30.6. The van der Waals surface area contributed by atoms with Crippen LogP contribution < -0.4 is 9.62 Å². The Morgan fingerprint density at radius 3 is 2.20 bits per heavy atom. The molecule has 1 saturated carbocycles. The van der Waals surface area contributed by atoms with Gasteiger partial charge in [0, 0.05) is 12.6 Å². The summed E-state index contributed by atoms with van der Waals surface area (Å²) < 4.78 is 29.0. The van der Waals surface area contributed by atoms with E-state index in [1.165, 1.54) is 17.0 Å². The van der Waals surface area contributed by atoms with Crippen LogP contribution in [0.5, 0.6) is 0 Å². The smallest absolute Gasteiger partial charge is 0.264 e. The van der Waals surface area contributed by atoms with Crippen molar-refractivity contribution in [3.63, 3.8) is 0 Å². The topological polar surface area (TPSA) is 86.8 Å². The largest absolute Gasteiger partial charge is 0.352 e. The number of carbonyl (C=O) groups is 2. The van der Waals surface area contributed by atoms with E-state index in [-0.39, 0.29) is 34.1 Å². The number of halogens is 1. The second-order valence-electron chi connectivity index (χ2n) is 10.6. The Morgan fingerprint density at radius 2 is 1.56 bits per heavy atom. The van der Waals surface area contributed by atoms with Gasteiger partial charge in [-0.1, -0.05) is 97.9 Å². The molecule has 1 aliphatic carbocycles. The van der Waals surface area contributed by atoms with Gasteiger partial charge in [0.15, 0.2) is 0 Å². The predicted octanol–water partition coefficient (Wildman–Crippen LogP) is 6.10. The average molecular weight is 596 g/mol. The van der Waals surface area contributed by atoms with Crippen LogP contribution in [0.25, 0.3) is 0 Å². The van der Waals surface area contributed by atoms with Crippen LogP contribution in [0.4, 0.5) is 5.69 Å². The second-order valence-corrected chi connectivity index (χ2v) is 12.8. The first-order chi connectivity index (χ1) is 19.7. The van der Waals surface area contributed by atoms with Gasteiger partial charge in [-0.2, -0.15) is 0 Å². The summed E-state index contributed by atoms with van der Waals surface area (Å²) in [6, 6.07) is 21.7. The summed E-state index contributed by atoms with van der Waals surface area (Å²) in [5.74, 6) is -0.704. The normalized spacial score (nSPS) is 14.7. The monoisotopic (exact) mass is 595 g/mol. The SMILES string of the molecule is CCC(C(=O)NC1CCCCC1)N(Cc1ccccc1)C(=O)CN(c1ccccc1Cl)S(=O)(=O)c1ccc(C)cc1. The molecule has 0 radical (unpaired) electrons. The minimum Gasteiger partial charge on any atom is -0.352 e. The molecule has 41 heavy (non-hydrogen) atoms. The predicted molar refractivity (Wildman–Crippen MR) is 163 cm³/mol. The zero-order valence-corrected chi connectivity index (χ0v) is 25.2. The van der Waals surface area contributed by atoms with Crippen LogP contribution in [0.3, 0.4) is 0 Å². The standard InChI is InChI=1S/C32H38ClN3O4S/c1-3-29(32(38)34-26-14-8-5-9-15-26)35(22-25-12-6-4-7-13-25)31(37)23-36(30-17-11-10-16-28(30)33)41(39,40)27-20-18-24(2)19-21-27/h4,6-7,10-13,16-21,26,29H,3,5,8-9,14-15,22-23H2,1-2H3,(H,34,38). The van der Waals surface area contributed by atoms with Gasteiger partial charge < -0.3 is 10.2 Å². The fourth-order valence-electron chi connectivity index (χ4n) is 5.25. The van der Waals surface area contributed by atoms with Crippen molar-refractivity contribution >= 4 is 39.1 Å². The van der Waals surface area contributed by atoms with E-state index in [0.717, 1.165) is 47.5 Å². The van der Waals surface area contributed by atoms with E-state index < -0.39 is 28.5 Å². The third-order valence-electron chi connectivity index (χ3n) is 7.54. The molecule has 7 nitrogen and oxygen atoms in total. The summed E-state index contributed by atoms with van der Waals surface area (Å²) in [4.78, 5) is 29.3. The first-order valence-electron chi connectivity index (χ1n) is 14.2. The van der Waals surface area contributed by atoms with Crippen molar-refractivity contribution in [1.82, 2.24) is 10.2 Å². The van der Waals surface area contributed by atoms with Crippen LogP contribution in [-0.2, 0) is 26.2 Å². The van der Waals surface area contributed by atoms with Gasteiger partial charge in [-0.15, -0.1) is 0 Å². The number of hydrogen-bond donors (Lipinski definition) is 1. The zero-order chi connectivity index (χ0) is 29.4. The van der Waals surface area contributed by atoms with E-state index in [4.69, 9.17) is 11.6 Å². The summed E-state index contributed by atoms with van der Waals surface area (Å²) in [5, 5.41) is 3.36. The molecular weight excluding hydrogens is 558 g/mol. The number of anilines is 1. The number of nitrogens with one attached hydrogen (secondary N) is 1. The van der Waals surface area contributed by atoms with Gasteiger partial charge in [0.1, 0.15) is 12.6 Å². The number of amides is 2. The Kier molecular flexibility index (Phi) is 10.5. The lowest BCUT2D eigenvalue weighted by Crippen LogP contribution is -2.54. The Balaban J connectivity index is 1.70. The maximum Gasteiger partial charge on any atom is 0.264 e. The van der Waals surface area contributed by atoms with Gasteiger partial charge in [0.25, 0.3) is 10.0 Å². The van der Waals surface area contributed by atoms with Gasteiger partial charge in [-0.25, -0.2) is 8.42 Å². The van der Waals surface area contributed by atoms with Gasteiger partial charge >= 0.3 is 0 Å². The molecule has 1 fully saturated rings. The number of hydrogen-bond acceptors (Lipinski definition) is 4. The molecule has 1 unspecified atom stereocenters. The molecule has 1 aliphatic rings. The molecule has 0 aromatic heterocycles. The number of para-hydroxylation sites is 1. The van der Waals surface area contributed by atoms with E-state index in [1.807, 2.05) is 44.2 Å². The summed E-state index contributed by atoms with van der Waals surface area (Å²) in [7, 11) is -4.17. The molecule has 0 aliphatic heterocycles. The molecule has 0 saturated heterocycles. The maximum absolute atomic E-state index is 14.2. The molecule has 1 atom stereocenters. The number of carbonyl (C=O) groups excluding carboxylic acids is 2. The maximum atomic E-state index is 14.2. The third kappa shape index (κ3) is 7.68. The van der Waals surface area contributed by atoms with E-state index in [2.05, 4.69) is 5.32 Å². The summed E-state index contributed by atoms with van der Waals surface area (Å²) in [6.45, 7) is 3.39. The molecule has 9 heteroatoms. The lowest BCUT2D eigenvalue weighted by molar-refractivity contribution is -0.140. The van der Waals surface area contributed by atoms with E-state index >= 15 is 0 Å². The molecule has 4 rings (SSSR count). The van der Waals surface area contributed by atoms with Gasteiger partial charge in [0.2, 0.25) is 11.8 Å². The van der Waals surface area contributed by atoms with Crippen molar-refractivity contribution in [3.05, 3.63) is 95.0 Å². The van der Waals surface area contributed by atoms with Crippen molar-refractivity contribution in [1.29, 1.82) is 0 Å². The van der Waals surface area contributed by atoms with E-state index in [9.17, 15) is 18.0 Å². The van der Waals surface area contributed by atoms with Crippen LogP contribution >= 0.6 is 11.6 Å². The van der Waals surface area contributed by atoms with Crippen molar-refractivity contribution in [2.75, 3.05) is 10.8 Å². The Morgan fingerprint density at radius 1 is 0.927 bits per heavy atom. The molecular formula is C32H38ClN3O4S. The van der Waals surface area contributed by atoms with Gasteiger partial charge in [-0.3, -0.25) is 13.9 Å². The summed E-state index contributed by atoms with van der Waals surface area (Å²) >= 11 is 6.48. The minimum absolute atomic E-state index is 0.0486. The Labute approximate surface area is 248 Å². The number of benzene rings is 3. The quantitative estimate of drug-likeness (QED) is 0.290. The van der Waals surface area contributed by atoms with Crippen molar-refractivity contribution in [2.45, 2.75) is 75.9 Å². The molecule has 3 aromatic carbocycles. The van der Waals surface area contributed by atoms with Crippen LogP contribution in [0.2, 0.25) is 5.02 Å². The number of rotatable bonds is 11. The zero-order valence-electron chi connectivity index (χ0n) is 23.6. The van der Waals surface area contributed by atoms with Crippen molar-refractivity contribution in [3.8, 4) is 0 Å². The van der Waals surface area contributed by atoms with Gasteiger partial charge in [0.05, 0.1) is 15.6 Å².